The fourth-order valence-electron chi connectivity index (χ4n) is 8.70. The largest absolute Gasteiger partial charge is 0.756 e. The highest BCUT2D eigenvalue weighted by Gasteiger charge is 2.27. The standard InChI is InChI=1S/C57H113N2O7P/c1-7-10-13-16-19-22-25-27-28-29-30-32-35-37-40-43-46-49-56(60)58-54(53-65-67(62,63)64-52-51-59(4,5)6)55(48-45-42-39-36-34-31-26-23-20-17-14-11-8-2)66-57(61)50-47-44-41-38-33-24-21-18-15-12-9-3/h45,48,54-55H,7-44,46-47,49-53H2,1-6H3,(H-,58,60,62,63)/b48-45+. The van der Waals surface area contributed by atoms with Crippen LogP contribution < -0.4 is 10.2 Å². The van der Waals surface area contributed by atoms with E-state index in [0.29, 0.717) is 17.4 Å². The first-order valence-electron chi connectivity index (χ1n) is 29.0. The van der Waals surface area contributed by atoms with Gasteiger partial charge in [0.15, 0.2) is 0 Å². The molecule has 9 nitrogen and oxygen atoms in total. The second-order valence-corrected chi connectivity index (χ2v) is 22.6. The van der Waals surface area contributed by atoms with Crippen LogP contribution >= 0.6 is 7.82 Å². The van der Waals surface area contributed by atoms with E-state index in [1.54, 1.807) is 0 Å². The topological polar surface area (TPSA) is 114 Å². The van der Waals surface area contributed by atoms with E-state index in [4.69, 9.17) is 13.8 Å². The number of allylic oxidation sites excluding steroid dienone is 1. The van der Waals surface area contributed by atoms with E-state index < -0.39 is 20.0 Å². The number of nitrogens with zero attached hydrogens (tertiary/aromatic N) is 1. The third-order valence-corrected chi connectivity index (χ3v) is 14.2. The van der Waals surface area contributed by atoms with Gasteiger partial charge in [-0.25, -0.2) is 0 Å². The van der Waals surface area contributed by atoms with E-state index in [2.05, 4.69) is 26.1 Å². The summed E-state index contributed by atoms with van der Waals surface area (Å²) in [5, 5.41) is 3.03. The lowest BCUT2D eigenvalue weighted by Gasteiger charge is -2.30. The third kappa shape index (κ3) is 49.5. The van der Waals surface area contributed by atoms with Crippen molar-refractivity contribution in [3.63, 3.8) is 0 Å². The smallest absolute Gasteiger partial charge is 0.306 e. The van der Waals surface area contributed by atoms with Gasteiger partial charge in [-0.05, 0) is 31.8 Å². The van der Waals surface area contributed by atoms with Crippen LogP contribution in [-0.4, -0.2) is 69.4 Å². The van der Waals surface area contributed by atoms with Gasteiger partial charge >= 0.3 is 5.97 Å². The van der Waals surface area contributed by atoms with Crippen LogP contribution in [0.3, 0.4) is 0 Å². The number of likely N-dealkylation sites (N-methyl/N-ethyl adjacent to an activating group) is 1. The van der Waals surface area contributed by atoms with Crippen molar-refractivity contribution in [2.24, 2.45) is 0 Å². The van der Waals surface area contributed by atoms with Crippen LogP contribution in [0.15, 0.2) is 12.2 Å². The molecule has 0 spiro atoms. The third-order valence-electron chi connectivity index (χ3n) is 13.2. The van der Waals surface area contributed by atoms with Gasteiger partial charge in [-0.2, -0.15) is 0 Å². The summed E-state index contributed by atoms with van der Waals surface area (Å²) in [5.41, 5.74) is 0. The van der Waals surface area contributed by atoms with Gasteiger partial charge < -0.3 is 28.5 Å². The minimum absolute atomic E-state index is 0.0170. The number of hydrogen-bond donors (Lipinski definition) is 1. The molecule has 1 amide bonds. The molecule has 0 aromatic heterocycles. The summed E-state index contributed by atoms with van der Waals surface area (Å²) in [6.07, 6.45) is 53.1. The minimum atomic E-state index is -4.68. The van der Waals surface area contributed by atoms with Gasteiger partial charge in [-0.1, -0.05) is 258 Å². The molecule has 0 aliphatic rings. The molecule has 0 aromatic rings. The van der Waals surface area contributed by atoms with E-state index in [0.717, 1.165) is 57.8 Å². The lowest BCUT2D eigenvalue weighted by molar-refractivity contribution is -0.870. The Hall–Kier alpha value is -1.25. The molecule has 0 aromatic carbocycles. The van der Waals surface area contributed by atoms with Crippen molar-refractivity contribution in [3.05, 3.63) is 12.2 Å². The number of carbonyl (C=O) groups is 2. The van der Waals surface area contributed by atoms with Crippen molar-refractivity contribution in [1.29, 1.82) is 0 Å². The number of carbonyl (C=O) groups excluding carboxylic acids is 2. The molecule has 0 saturated heterocycles. The first kappa shape index (κ1) is 65.8. The summed E-state index contributed by atoms with van der Waals surface area (Å²) in [6.45, 7) is 6.87. The van der Waals surface area contributed by atoms with E-state index in [1.165, 1.54) is 199 Å². The molecular formula is C57H113N2O7P. The van der Waals surface area contributed by atoms with E-state index >= 15 is 0 Å². The lowest BCUT2D eigenvalue weighted by atomic mass is 10.0. The molecule has 0 bridgehead atoms. The highest BCUT2D eigenvalue weighted by atomic mass is 31.2. The Balaban J connectivity index is 5.28. The number of nitrogens with one attached hydrogen (secondary N) is 1. The number of hydrogen-bond acceptors (Lipinski definition) is 7. The van der Waals surface area contributed by atoms with Gasteiger partial charge in [0.25, 0.3) is 7.82 Å². The molecular weight excluding hydrogens is 856 g/mol. The van der Waals surface area contributed by atoms with Gasteiger partial charge in [0.2, 0.25) is 5.91 Å². The molecule has 0 aliphatic heterocycles. The van der Waals surface area contributed by atoms with E-state index in [9.17, 15) is 19.0 Å². The number of phosphoric acid groups is 1. The quantitative estimate of drug-likeness (QED) is 0.0212. The Morgan fingerprint density at radius 1 is 0.507 bits per heavy atom. The van der Waals surface area contributed by atoms with Gasteiger partial charge in [0, 0.05) is 12.8 Å². The van der Waals surface area contributed by atoms with Crippen LogP contribution in [0.2, 0.25) is 0 Å². The maximum absolute atomic E-state index is 13.5. The molecule has 3 unspecified atom stereocenters. The number of quaternary nitrogens is 1. The normalized spacial score (nSPS) is 13.8. The Morgan fingerprint density at radius 3 is 1.22 bits per heavy atom. The van der Waals surface area contributed by atoms with Crippen molar-refractivity contribution in [3.8, 4) is 0 Å². The summed E-state index contributed by atoms with van der Waals surface area (Å²) in [4.78, 5) is 39.8. The Morgan fingerprint density at radius 2 is 0.851 bits per heavy atom. The van der Waals surface area contributed by atoms with E-state index in [-0.39, 0.29) is 31.5 Å². The SMILES string of the molecule is CCCCCCCCCCCCC/C=C/C(OC(=O)CCCCCCCCCCCCC)C(COP(=O)([O-])OCC[N+](C)(C)C)NC(=O)CCCCCCCCCCCCCCCCCCC. The average molecular weight is 970 g/mol. The van der Waals surface area contributed by atoms with Crippen LogP contribution in [0, 0.1) is 0 Å². The van der Waals surface area contributed by atoms with Crippen molar-refractivity contribution >= 4 is 19.7 Å². The predicted octanol–water partition coefficient (Wildman–Crippen LogP) is 16.6. The van der Waals surface area contributed by atoms with Crippen LogP contribution in [0.4, 0.5) is 0 Å². The Bertz CT molecular complexity index is 1160. The van der Waals surface area contributed by atoms with E-state index in [1.807, 2.05) is 33.3 Å². The van der Waals surface area contributed by atoms with Gasteiger partial charge in [0.1, 0.15) is 19.3 Å². The summed E-state index contributed by atoms with van der Waals surface area (Å²) >= 11 is 0. The second-order valence-electron chi connectivity index (χ2n) is 21.2. The van der Waals surface area contributed by atoms with Gasteiger partial charge in [0.05, 0.1) is 33.8 Å². The number of ether oxygens (including phenoxy) is 1. The molecule has 398 valence electrons. The number of amides is 1. The maximum atomic E-state index is 13.5. The first-order valence-corrected chi connectivity index (χ1v) is 30.5. The molecule has 0 rings (SSSR count). The highest BCUT2D eigenvalue weighted by molar-refractivity contribution is 7.45. The highest BCUT2D eigenvalue weighted by Crippen LogP contribution is 2.38. The zero-order valence-electron chi connectivity index (χ0n) is 45.4. The van der Waals surface area contributed by atoms with Crippen molar-refractivity contribution in [2.75, 3.05) is 40.9 Å². The van der Waals surface area contributed by atoms with Gasteiger partial charge in [-0.15, -0.1) is 0 Å². The predicted molar refractivity (Wildman–Crippen MR) is 284 cm³/mol. The molecule has 1 N–H and O–H groups in total. The Labute approximate surface area is 416 Å². The molecule has 67 heavy (non-hydrogen) atoms. The fourth-order valence-corrected chi connectivity index (χ4v) is 9.42. The van der Waals surface area contributed by atoms with Crippen molar-refractivity contribution in [2.45, 2.75) is 303 Å². The zero-order chi connectivity index (χ0) is 49.4. The number of unbranched alkanes of at least 4 members (excludes halogenated alkanes) is 37. The average Bonchev–Trinajstić information content (AvgIpc) is 3.28. The zero-order valence-corrected chi connectivity index (χ0v) is 46.3. The van der Waals surface area contributed by atoms with Crippen LogP contribution in [0.1, 0.15) is 290 Å². The molecule has 0 saturated carbocycles. The number of phosphoric ester groups is 1. The summed E-state index contributed by atoms with van der Waals surface area (Å²) < 4.78 is 30.2. The molecule has 0 heterocycles. The fraction of sp³-hybridized carbons (Fsp3) is 0.930. The second kappa shape index (κ2) is 48.4. The van der Waals surface area contributed by atoms with Crippen LogP contribution in [-0.2, 0) is 27.9 Å². The first-order chi connectivity index (χ1) is 32.4. The van der Waals surface area contributed by atoms with Crippen molar-refractivity contribution in [1.82, 2.24) is 5.32 Å². The molecule has 3 atom stereocenters. The molecule has 0 fully saturated rings. The molecule has 0 radical (unpaired) electrons. The minimum Gasteiger partial charge on any atom is -0.756 e. The van der Waals surface area contributed by atoms with Gasteiger partial charge in [-0.3, -0.25) is 14.2 Å². The van der Waals surface area contributed by atoms with Crippen LogP contribution in [0.25, 0.3) is 0 Å². The summed E-state index contributed by atoms with van der Waals surface area (Å²) in [6, 6.07) is -0.877. The summed E-state index contributed by atoms with van der Waals surface area (Å²) in [5.74, 6) is -0.524. The number of rotatable bonds is 53. The van der Waals surface area contributed by atoms with Crippen LogP contribution in [0.5, 0.6) is 0 Å². The molecule has 0 aliphatic carbocycles. The summed E-state index contributed by atoms with van der Waals surface area (Å²) in [7, 11) is 1.20. The van der Waals surface area contributed by atoms with Crippen molar-refractivity contribution < 1.29 is 37.3 Å². The monoisotopic (exact) mass is 969 g/mol. The Kier molecular flexibility index (Phi) is 47.5. The number of esters is 1. The maximum Gasteiger partial charge on any atom is 0.306 e. The lowest BCUT2D eigenvalue weighted by Crippen LogP contribution is -2.47. The molecule has 10 heteroatoms.